The van der Waals surface area contributed by atoms with E-state index in [-0.39, 0.29) is 30.2 Å². The zero-order chi connectivity index (χ0) is 15.6. The first kappa shape index (κ1) is 15.4. The third-order valence-electron chi connectivity index (χ3n) is 3.67. The number of halogens is 2. The maximum Gasteiger partial charge on any atom is 0.303 e. The van der Waals surface area contributed by atoms with Gasteiger partial charge in [-0.2, -0.15) is 0 Å². The van der Waals surface area contributed by atoms with Gasteiger partial charge in [0, 0.05) is 24.4 Å². The third-order valence-corrected chi connectivity index (χ3v) is 3.67. The molecule has 0 aliphatic heterocycles. The van der Waals surface area contributed by atoms with E-state index in [9.17, 15) is 18.4 Å². The topological polar surface area (TPSA) is 66.4 Å². The van der Waals surface area contributed by atoms with Crippen LogP contribution in [0.5, 0.6) is 0 Å². The molecule has 3 unspecified atom stereocenters. The molecule has 114 valence electrons. The van der Waals surface area contributed by atoms with Crippen molar-refractivity contribution in [2.45, 2.75) is 38.1 Å². The molecular formula is C15H17F2NO3. The van der Waals surface area contributed by atoms with Crippen LogP contribution in [0.3, 0.4) is 0 Å². The van der Waals surface area contributed by atoms with E-state index in [0.717, 1.165) is 6.07 Å². The average Bonchev–Trinajstić information content (AvgIpc) is 3.16. The van der Waals surface area contributed by atoms with E-state index in [1.807, 2.05) is 0 Å². The van der Waals surface area contributed by atoms with E-state index in [1.54, 1.807) is 6.92 Å². The minimum Gasteiger partial charge on any atom is -0.481 e. The number of carbonyl (C=O) groups is 2. The quantitative estimate of drug-likeness (QED) is 0.847. The first-order valence-corrected chi connectivity index (χ1v) is 6.85. The molecule has 1 fully saturated rings. The predicted molar refractivity (Wildman–Crippen MR) is 71.7 cm³/mol. The molecule has 4 nitrogen and oxygen atoms in total. The van der Waals surface area contributed by atoms with Crippen molar-refractivity contribution in [1.29, 1.82) is 0 Å². The molecule has 21 heavy (non-hydrogen) atoms. The number of hydrogen-bond acceptors (Lipinski definition) is 2. The van der Waals surface area contributed by atoms with Crippen LogP contribution in [0.2, 0.25) is 0 Å². The standard InChI is InChI=1S/C15H17F2NO3/c1-8(2-5-14(19)20)18-15(21)12-7-11(12)10-4-3-9(16)6-13(10)17/h3-4,6,8,11-12H,2,5,7H2,1H3,(H,18,21)(H,19,20). The van der Waals surface area contributed by atoms with Crippen molar-refractivity contribution in [1.82, 2.24) is 5.32 Å². The fourth-order valence-electron chi connectivity index (χ4n) is 2.39. The van der Waals surface area contributed by atoms with Crippen LogP contribution in [0.25, 0.3) is 0 Å². The van der Waals surface area contributed by atoms with Crippen LogP contribution < -0.4 is 5.32 Å². The molecule has 6 heteroatoms. The lowest BCUT2D eigenvalue weighted by Crippen LogP contribution is -2.34. The van der Waals surface area contributed by atoms with Gasteiger partial charge >= 0.3 is 5.97 Å². The predicted octanol–water partition coefficient (Wildman–Crippen LogP) is 2.44. The zero-order valence-electron chi connectivity index (χ0n) is 11.6. The van der Waals surface area contributed by atoms with Crippen LogP contribution in [0, 0.1) is 17.6 Å². The summed E-state index contributed by atoms with van der Waals surface area (Å²) in [6.07, 6.45) is 0.867. The van der Waals surface area contributed by atoms with Crippen molar-refractivity contribution in [2.24, 2.45) is 5.92 Å². The summed E-state index contributed by atoms with van der Waals surface area (Å²) >= 11 is 0. The Morgan fingerprint density at radius 3 is 2.76 bits per heavy atom. The van der Waals surface area contributed by atoms with Crippen LogP contribution in [-0.2, 0) is 9.59 Å². The van der Waals surface area contributed by atoms with E-state index < -0.39 is 17.6 Å². The molecule has 0 radical (unpaired) electrons. The van der Waals surface area contributed by atoms with Crippen LogP contribution in [0.15, 0.2) is 18.2 Å². The van der Waals surface area contributed by atoms with Crippen LogP contribution in [0.1, 0.15) is 37.7 Å². The molecule has 1 aromatic carbocycles. The van der Waals surface area contributed by atoms with Crippen LogP contribution >= 0.6 is 0 Å². The first-order valence-electron chi connectivity index (χ1n) is 6.85. The molecule has 2 rings (SSSR count). The van der Waals surface area contributed by atoms with Gasteiger partial charge in [0.1, 0.15) is 11.6 Å². The van der Waals surface area contributed by atoms with Gasteiger partial charge in [-0.1, -0.05) is 6.07 Å². The van der Waals surface area contributed by atoms with Gasteiger partial charge in [-0.15, -0.1) is 0 Å². The average molecular weight is 297 g/mol. The van der Waals surface area contributed by atoms with Crippen molar-refractivity contribution < 1.29 is 23.5 Å². The molecule has 3 atom stereocenters. The largest absolute Gasteiger partial charge is 0.481 e. The number of carboxylic acid groups (broad SMARTS) is 1. The Bertz CT molecular complexity index is 562. The Kier molecular flexibility index (Phi) is 4.55. The second-order valence-electron chi connectivity index (χ2n) is 5.46. The van der Waals surface area contributed by atoms with Crippen molar-refractivity contribution in [3.8, 4) is 0 Å². The lowest BCUT2D eigenvalue weighted by molar-refractivity contribution is -0.137. The Hall–Kier alpha value is -1.98. The number of nitrogens with one attached hydrogen (secondary N) is 1. The van der Waals surface area contributed by atoms with Gasteiger partial charge in [-0.05, 0) is 37.3 Å². The Morgan fingerprint density at radius 1 is 1.43 bits per heavy atom. The molecular weight excluding hydrogens is 280 g/mol. The van der Waals surface area contributed by atoms with Gasteiger partial charge in [0.2, 0.25) is 5.91 Å². The van der Waals surface area contributed by atoms with E-state index in [0.29, 0.717) is 18.4 Å². The van der Waals surface area contributed by atoms with E-state index in [4.69, 9.17) is 5.11 Å². The summed E-state index contributed by atoms with van der Waals surface area (Å²) in [4.78, 5) is 22.4. The summed E-state index contributed by atoms with van der Waals surface area (Å²) in [7, 11) is 0. The first-order chi connectivity index (χ1) is 9.88. The summed E-state index contributed by atoms with van der Waals surface area (Å²) < 4.78 is 26.5. The lowest BCUT2D eigenvalue weighted by Gasteiger charge is -2.12. The van der Waals surface area contributed by atoms with Crippen molar-refractivity contribution >= 4 is 11.9 Å². The minimum atomic E-state index is -0.909. The highest BCUT2D eigenvalue weighted by molar-refractivity contribution is 5.83. The van der Waals surface area contributed by atoms with Crippen molar-refractivity contribution in [2.75, 3.05) is 0 Å². The number of rotatable bonds is 6. The molecule has 0 aromatic heterocycles. The molecule has 0 heterocycles. The molecule has 1 aromatic rings. The van der Waals surface area contributed by atoms with Gasteiger partial charge in [0.15, 0.2) is 0 Å². The summed E-state index contributed by atoms with van der Waals surface area (Å²) in [6, 6.07) is 3.13. The van der Waals surface area contributed by atoms with Crippen LogP contribution in [0.4, 0.5) is 8.78 Å². The summed E-state index contributed by atoms with van der Waals surface area (Å²) in [6.45, 7) is 1.73. The van der Waals surface area contributed by atoms with E-state index in [2.05, 4.69) is 5.32 Å². The molecule has 0 spiro atoms. The normalized spacial score (nSPS) is 21.7. The SMILES string of the molecule is CC(CCC(=O)O)NC(=O)C1CC1c1ccc(F)cc1F. The molecule has 0 bridgehead atoms. The van der Waals surface area contributed by atoms with E-state index >= 15 is 0 Å². The lowest BCUT2D eigenvalue weighted by atomic mass is 10.1. The van der Waals surface area contributed by atoms with Gasteiger partial charge in [0.05, 0.1) is 0 Å². The van der Waals surface area contributed by atoms with Gasteiger partial charge in [0.25, 0.3) is 0 Å². The molecule has 0 saturated heterocycles. The minimum absolute atomic E-state index is 0.0118. The van der Waals surface area contributed by atoms with E-state index in [1.165, 1.54) is 12.1 Å². The zero-order valence-corrected chi connectivity index (χ0v) is 11.6. The molecule has 1 aliphatic carbocycles. The highest BCUT2D eigenvalue weighted by atomic mass is 19.1. The monoisotopic (exact) mass is 297 g/mol. The summed E-state index contributed by atoms with van der Waals surface area (Å²) in [5, 5.41) is 11.3. The molecule has 1 saturated carbocycles. The summed E-state index contributed by atoms with van der Waals surface area (Å²) in [5.74, 6) is -2.93. The Morgan fingerprint density at radius 2 is 2.14 bits per heavy atom. The highest BCUT2D eigenvalue weighted by Gasteiger charge is 2.45. The Labute approximate surface area is 121 Å². The van der Waals surface area contributed by atoms with Crippen LogP contribution in [-0.4, -0.2) is 23.0 Å². The van der Waals surface area contributed by atoms with Gasteiger partial charge in [-0.25, -0.2) is 8.78 Å². The number of hydrogen-bond donors (Lipinski definition) is 2. The number of carbonyl (C=O) groups excluding carboxylic acids is 1. The van der Waals surface area contributed by atoms with Gasteiger partial charge < -0.3 is 10.4 Å². The second-order valence-corrected chi connectivity index (χ2v) is 5.46. The third kappa shape index (κ3) is 4.00. The smallest absolute Gasteiger partial charge is 0.303 e. The Balaban J connectivity index is 1.87. The van der Waals surface area contributed by atoms with Crippen molar-refractivity contribution in [3.05, 3.63) is 35.4 Å². The van der Waals surface area contributed by atoms with Gasteiger partial charge in [-0.3, -0.25) is 9.59 Å². The number of carboxylic acids is 1. The fraction of sp³-hybridized carbons (Fsp3) is 0.467. The fourth-order valence-corrected chi connectivity index (χ4v) is 2.39. The summed E-state index contributed by atoms with van der Waals surface area (Å²) in [5.41, 5.74) is 0.356. The molecule has 1 aliphatic rings. The second kappa shape index (κ2) is 6.20. The highest BCUT2D eigenvalue weighted by Crippen LogP contribution is 2.48. The number of amides is 1. The maximum absolute atomic E-state index is 13.6. The van der Waals surface area contributed by atoms with Crippen molar-refractivity contribution in [3.63, 3.8) is 0 Å². The maximum atomic E-state index is 13.6. The number of benzene rings is 1. The number of aliphatic carboxylic acids is 1. The molecule has 1 amide bonds. The molecule has 2 N–H and O–H groups in total.